The van der Waals surface area contributed by atoms with E-state index in [-0.39, 0.29) is 17.7 Å². The van der Waals surface area contributed by atoms with Crippen LogP contribution in [-0.2, 0) is 15.0 Å². The van der Waals surface area contributed by atoms with Gasteiger partial charge in [0, 0.05) is 24.2 Å². The third kappa shape index (κ3) is 5.27. The number of ether oxygens (including phenoxy) is 1. The molecule has 14 heteroatoms. The average molecular weight is 496 g/mol. The number of benzene rings is 1. The number of nitriles is 1. The van der Waals surface area contributed by atoms with Crippen LogP contribution in [0.25, 0.3) is 0 Å². The van der Waals surface area contributed by atoms with Crippen LogP contribution < -0.4 is 15.9 Å². The molecule has 176 valence electrons. The van der Waals surface area contributed by atoms with E-state index in [4.69, 9.17) is 20.3 Å². The van der Waals surface area contributed by atoms with Gasteiger partial charge in [-0.15, -0.1) is 0 Å². The van der Waals surface area contributed by atoms with Crippen LogP contribution in [0.4, 0.5) is 5.82 Å². The molecular weight excluding hydrogens is 475 g/mol. The Bertz CT molecular complexity index is 1170. The molecule has 0 amide bonds. The van der Waals surface area contributed by atoms with Gasteiger partial charge < -0.3 is 30.1 Å². The minimum absolute atomic E-state index is 0.00116. The number of Topliss-reactive ketones (excluding diaryl/α,β-unsaturated/α-hetero) is 1. The van der Waals surface area contributed by atoms with Crippen LogP contribution in [0.15, 0.2) is 41.3 Å². The van der Waals surface area contributed by atoms with Crippen LogP contribution in [0.2, 0.25) is 0 Å². The molecule has 1 fully saturated rings. The summed E-state index contributed by atoms with van der Waals surface area (Å²) in [5, 5.41) is 28.5. The highest BCUT2D eigenvalue weighted by molar-refractivity contribution is 8.54. The summed E-state index contributed by atoms with van der Waals surface area (Å²) >= 11 is 0.480. The summed E-state index contributed by atoms with van der Waals surface area (Å²) in [6, 6.07) is 9.65. The normalized spacial score (nSPS) is 24.1. The molecule has 1 aromatic carbocycles. The number of ketones is 1. The van der Waals surface area contributed by atoms with Gasteiger partial charge in [0.05, 0.1) is 25.0 Å². The zero-order valence-corrected chi connectivity index (χ0v) is 18.8. The summed E-state index contributed by atoms with van der Waals surface area (Å²) in [5.41, 5.74) is 2.68. The lowest BCUT2D eigenvalue weighted by Crippen LogP contribution is -2.48. The van der Waals surface area contributed by atoms with Gasteiger partial charge in [-0.1, -0.05) is 30.3 Å². The van der Waals surface area contributed by atoms with Crippen LogP contribution in [0.5, 0.6) is 5.75 Å². The van der Waals surface area contributed by atoms with E-state index in [0.29, 0.717) is 11.4 Å². The van der Waals surface area contributed by atoms with Gasteiger partial charge in [0.15, 0.2) is 11.6 Å². The van der Waals surface area contributed by atoms with Crippen molar-refractivity contribution in [2.24, 2.45) is 0 Å². The van der Waals surface area contributed by atoms with Crippen LogP contribution in [0.3, 0.4) is 0 Å². The Morgan fingerprint density at radius 1 is 1.45 bits per heavy atom. The lowest BCUT2D eigenvalue weighted by Gasteiger charge is -2.30. The van der Waals surface area contributed by atoms with E-state index in [2.05, 4.69) is 4.98 Å². The molecule has 0 saturated carbocycles. The van der Waals surface area contributed by atoms with Crippen molar-refractivity contribution in [1.82, 2.24) is 9.55 Å². The Hall–Kier alpha value is -2.72. The van der Waals surface area contributed by atoms with Crippen molar-refractivity contribution >= 4 is 29.8 Å². The molecule has 2 heterocycles. The van der Waals surface area contributed by atoms with Crippen molar-refractivity contribution in [2.45, 2.75) is 30.8 Å². The molecule has 0 bridgehead atoms. The molecule has 4 atom stereocenters. The first-order valence-corrected chi connectivity index (χ1v) is 12.8. The van der Waals surface area contributed by atoms with Gasteiger partial charge in [0.2, 0.25) is 11.5 Å². The minimum Gasteiger partial charge on any atom is -0.412 e. The number of aliphatic hydroxyl groups excluding tert-OH is 2. The zero-order valence-electron chi connectivity index (χ0n) is 17.1. The van der Waals surface area contributed by atoms with Gasteiger partial charge in [-0.05, 0) is 11.4 Å². The number of hydrogen-bond donors (Lipinski definition) is 4. The molecule has 0 aliphatic carbocycles. The van der Waals surface area contributed by atoms with Crippen molar-refractivity contribution in [3.8, 4) is 11.8 Å². The number of anilines is 1. The average Bonchev–Trinajstić information content (AvgIpc) is 3.13. The zero-order chi connectivity index (χ0) is 24.2. The van der Waals surface area contributed by atoms with E-state index >= 15 is 0 Å². The molecule has 0 radical (unpaired) electrons. The number of nitrogen functional groups attached to an aromatic ring is 1. The Morgan fingerprint density at radius 3 is 2.76 bits per heavy atom. The maximum absolute atomic E-state index is 13.5. The maximum Gasteiger partial charge on any atom is 0.437 e. The molecular formula is C19H21N4O8PS. The molecule has 12 nitrogen and oxygen atoms in total. The molecule has 1 unspecified atom stereocenters. The Morgan fingerprint density at radius 2 is 2.15 bits per heavy atom. The lowest BCUT2D eigenvalue weighted by molar-refractivity contribution is -0.0936. The second-order valence-electron chi connectivity index (χ2n) is 7.03. The summed E-state index contributed by atoms with van der Waals surface area (Å²) in [7, 11) is 0. The summed E-state index contributed by atoms with van der Waals surface area (Å²) < 4.78 is 23.9. The Balaban J connectivity index is 2.09. The number of nitrogens with two attached hydrogens (primary N) is 1. The van der Waals surface area contributed by atoms with Crippen LogP contribution in [-0.4, -0.2) is 55.0 Å². The van der Waals surface area contributed by atoms with Crippen molar-refractivity contribution in [1.29, 1.82) is 5.26 Å². The molecule has 33 heavy (non-hydrogen) atoms. The number of carbonyl (C=O) groups excluding carboxylic acids is 1. The fourth-order valence-electron chi connectivity index (χ4n) is 3.31. The first-order valence-electron chi connectivity index (χ1n) is 9.63. The summed E-state index contributed by atoms with van der Waals surface area (Å²) in [5.74, 6) is -1.70. The molecule has 3 rings (SSSR count). The number of hydrogen-bond acceptors (Lipinski definition) is 11. The first kappa shape index (κ1) is 24.9. The number of rotatable bonds is 9. The first-order chi connectivity index (χ1) is 15.6. The highest BCUT2D eigenvalue weighted by atomic mass is 32.7. The van der Waals surface area contributed by atoms with Crippen LogP contribution >= 0.6 is 18.2 Å². The van der Waals surface area contributed by atoms with Gasteiger partial charge in [-0.3, -0.25) is 9.36 Å². The standard InChI is InChI=1S/C19H21N4O8PS/c20-7-4-8-33-32(28,29)31-14-10-23(18(27)22-17(14)21)19(9-13(25)15(11-24)30-19)16(26)12-5-2-1-3-6-12/h1-3,5-6,10,13,15,24-25H,4,8-9,11H2,(H,28,29)(H2,21,22,27)/t13-,15+,19-/m0/s1. The fraction of sp³-hybridized carbons (Fsp3) is 0.368. The van der Waals surface area contributed by atoms with E-state index in [1.54, 1.807) is 18.2 Å². The van der Waals surface area contributed by atoms with Gasteiger partial charge in [-0.2, -0.15) is 10.2 Å². The molecule has 0 spiro atoms. The third-order valence-electron chi connectivity index (χ3n) is 4.82. The largest absolute Gasteiger partial charge is 0.437 e. The predicted octanol–water partition coefficient (Wildman–Crippen LogP) is 0.629. The molecule has 1 saturated heterocycles. The van der Waals surface area contributed by atoms with Crippen molar-refractivity contribution in [3.05, 3.63) is 52.6 Å². The predicted molar refractivity (Wildman–Crippen MR) is 117 cm³/mol. The Labute approximate surface area is 191 Å². The van der Waals surface area contributed by atoms with Crippen LogP contribution in [0, 0.1) is 11.3 Å². The highest BCUT2D eigenvalue weighted by Gasteiger charge is 2.53. The Kier molecular flexibility index (Phi) is 7.58. The van der Waals surface area contributed by atoms with Gasteiger partial charge in [-0.25, -0.2) is 9.36 Å². The quantitative estimate of drug-likeness (QED) is 0.215. The van der Waals surface area contributed by atoms with E-state index < -0.39 is 60.8 Å². The van der Waals surface area contributed by atoms with Crippen molar-refractivity contribution in [3.63, 3.8) is 0 Å². The van der Waals surface area contributed by atoms with E-state index in [1.165, 1.54) is 12.1 Å². The number of nitrogens with zero attached hydrogens (tertiary/aromatic N) is 3. The minimum atomic E-state index is -4.36. The summed E-state index contributed by atoms with van der Waals surface area (Å²) in [4.78, 5) is 39.9. The van der Waals surface area contributed by atoms with E-state index in [1.807, 2.05) is 6.07 Å². The van der Waals surface area contributed by atoms with Crippen LogP contribution in [0.1, 0.15) is 23.2 Å². The van der Waals surface area contributed by atoms with E-state index in [9.17, 15) is 29.3 Å². The fourth-order valence-corrected chi connectivity index (χ4v) is 5.53. The van der Waals surface area contributed by atoms with Gasteiger partial charge in [0.1, 0.15) is 6.10 Å². The SMILES string of the molecule is N#CCCSP(=O)(O)Oc1cn([C@@]2(C(=O)c3ccccc3)C[C@H](O)[C@@H](CO)O2)c(=O)nc1N. The van der Waals surface area contributed by atoms with Crippen molar-refractivity contribution in [2.75, 3.05) is 18.1 Å². The number of carbonyl (C=O) groups is 1. The smallest absolute Gasteiger partial charge is 0.412 e. The number of aliphatic hydroxyl groups is 2. The summed E-state index contributed by atoms with van der Waals surface area (Å²) in [6.07, 6.45) is -2.00. The van der Waals surface area contributed by atoms with Crippen molar-refractivity contribution < 1.29 is 33.7 Å². The monoisotopic (exact) mass is 496 g/mol. The molecule has 2 aromatic rings. The maximum atomic E-state index is 13.5. The van der Waals surface area contributed by atoms with Gasteiger partial charge in [0.25, 0.3) is 0 Å². The number of aromatic nitrogens is 2. The molecule has 1 aliphatic rings. The lowest BCUT2D eigenvalue weighted by atomic mass is 9.96. The van der Waals surface area contributed by atoms with Gasteiger partial charge >= 0.3 is 12.5 Å². The molecule has 1 aromatic heterocycles. The third-order valence-corrected chi connectivity index (χ3v) is 7.71. The topological polar surface area (TPSA) is 198 Å². The molecule has 1 aliphatic heterocycles. The highest BCUT2D eigenvalue weighted by Crippen LogP contribution is 2.56. The second-order valence-corrected chi connectivity index (χ2v) is 11.0. The summed E-state index contributed by atoms with van der Waals surface area (Å²) in [6.45, 7) is -4.99. The van der Waals surface area contributed by atoms with E-state index in [0.717, 1.165) is 10.8 Å². The molecule has 5 N–H and O–H groups in total. The second kappa shape index (κ2) is 10.0.